The van der Waals surface area contributed by atoms with Crippen molar-refractivity contribution in [3.05, 3.63) is 51.7 Å². The van der Waals surface area contributed by atoms with Crippen molar-refractivity contribution < 1.29 is 4.74 Å². The topological polar surface area (TPSA) is 34.1 Å². The number of pyridine rings is 1. The Bertz CT molecular complexity index is 618. The quantitative estimate of drug-likeness (QED) is 0.879. The molecule has 0 amide bonds. The third-order valence-electron chi connectivity index (χ3n) is 3.37. The van der Waals surface area contributed by atoms with E-state index in [-0.39, 0.29) is 0 Å². The van der Waals surface area contributed by atoms with Crippen LogP contribution in [0.25, 0.3) is 0 Å². The average Bonchev–Trinajstić information content (AvgIpc) is 2.42. The Kier molecular flexibility index (Phi) is 5.21. The highest BCUT2D eigenvalue weighted by molar-refractivity contribution is 6.30. The Hall–Kier alpha value is -1.58. The SMILES string of the molecule is CCNCc1ccc(Oc2c(C)cc(Cl)cc2C)nc1C. The molecule has 0 aliphatic heterocycles. The number of hydrogen-bond donors (Lipinski definition) is 1. The summed E-state index contributed by atoms with van der Waals surface area (Å²) < 4.78 is 5.95. The highest BCUT2D eigenvalue weighted by Crippen LogP contribution is 2.30. The van der Waals surface area contributed by atoms with Gasteiger partial charge in [-0.05, 0) is 56.1 Å². The van der Waals surface area contributed by atoms with Crippen molar-refractivity contribution in [3.63, 3.8) is 0 Å². The van der Waals surface area contributed by atoms with Crippen molar-refractivity contribution >= 4 is 11.6 Å². The van der Waals surface area contributed by atoms with Gasteiger partial charge in [0, 0.05) is 23.3 Å². The molecule has 0 spiro atoms. The van der Waals surface area contributed by atoms with Crippen LogP contribution in [0.2, 0.25) is 5.02 Å². The molecule has 1 aromatic heterocycles. The molecule has 1 heterocycles. The number of benzene rings is 1. The number of nitrogens with one attached hydrogen (secondary N) is 1. The second-order valence-electron chi connectivity index (χ2n) is 5.15. The summed E-state index contributed by atoms with van der Waals surface area (Å²) in [4.78, 5) is 4.53. The minimum Gasteiger partial charge on any atom is -0.438 e. The monoisotopic (exact) mass is 304 g/mol. The van der Waals surface area contributed by atoms with E-state index in [1.807, 2.05) is 39.0 Å². The van der Waals surface area contributed by atoms with Crippen LogP contribution in [0.1, 0.15) is 29.3 Å². The summed E-state index contributed by atoms with van der Waals surface area (Å²) >= 11 is 6.04. The first-order valence-corrected chi connectivity index (χ1v) is 7.51. The molecule has 112 valence electrons. The molecule has 4 heteroatoms. The lowest BCUT2D eigenvalue weighted by Crippen LogP contribution is -2.13. The van der Waals surface area contributed by atoms with E-state index >= 15 is 0 Å². The lowest BCUT2D eigenvalue weighted by molar-refractivity contribution is 0.454. The fourth-order valence-electron chi connectivity index (χ4n) is 2.23. The largest absolute Gasteiger partial charge is 0.438 e. The van der Waals surface area contributed by atoms with Gasteiger partial charge in [0.25, 0.3) is 0 Å². The van der Waals surface area contributed by atoms with E-state index in [9.17, 15) is 0 Å². The Morgan fingerprint density at radius 3 is 2.38 bits per heavy atom. The van der Waals surface area contributed by atoms with Crippen LogP contribution < -0.4 is 10.1 Å². The Morgan fingerprint density at radius 2 is 1.81 bits per heavy atom. The van der Waals surface area contributed by atoms with E-state index in [2.05, 4.69) is 23.3 Å². The number of nitrogens with zero attached hydrogens (tertiary/aromatic N) is 1. The van der Waals surface area contributed by atoms with Crippen LogP contribution in [0.3, 0.4) is 0 Å². The molecule has 1 N–H and O–H groups in total. The minimum atomic E-state index is 0.612. The summed E-state index contributed by atoms with van der Waals surface area (Å²) in [6, 6.07) is 7.76. The molecule has 21 heavy (non-hydrogen) atoms. The molecular weight excluding hydrogens is 284 g/mol. The first-order chi connectivity index (χ1) is 10.0. The fourth-order valence-corrected chi connectivity index (χ4v) is 2.56. The van der Waals surface area contributed by atoms with Crippen molar-refractivity contribution in [2.75, 3.05) is 6.54 Å². The van der Waals surface area contributed by atoms with E-state index in [1.165, 1.54) is 5.56 Å². The second kappa shape index (κ2) is 6.92. The molecule has 0 saturated carbocycles. The first kappa shape index (κ1) is 15.8. The van der Waals surface area contributed by atoms with Crippen molar-refractivity contribution in [2.24, 2.45) is 0 Å². The van der Waals surface area contributed by atoms with Crippen molar-refractivity contribution in [1.82, 2.24) is 10.3 Å². The predicted molar refractivity (Wildman–Crippen MR) is 87.4 cm³/mol. The maximum Gasteiger partial charge on any atom is 0.219 e. The molecule has 2 rings (SSSR count). The van der Waals surface area contributed by atoms with Crippen molar-refractivity contribution in [1.29, 1.82) is 0 Å². The summed E-state index contributed by atoms with van der Waals surface area (Å²) in [5.74, 6) is 1.44. The third kappa shape index (κ3) is 3.96. The van der Waals surface area contributed by atoms with Crippen molar-refractivity contribution in [2.45, 2.75) is 34.2 Å². The zero-order valence-electron chi connectivity index (χ0n) is 13.0. The van der Waals surface area contributed by atoms with E-state index < -0.39 is 0 Å². The van der Waals surface area contributed by atoms with E-state index in [0.29, 0.717) is 5.88 Å². The molecule has 1 aromatic carbocycles. The zero-order chi connectivity index (χ0) is 15.4. The number of ether oxygens (including phenoxy) is 1. The average molecular weight is 305 g/mol. The van der Waals surface area contributed by atoms with Gasteiger partial charge in [0.1, 0.15) is 5.75 Å². The van der Waals surface area contributed by atoms with Gasteiger partial charge in [-0.25, -0.2) is 4.98 Å². The van der Waals surface area contributed by atoms with Gasteiger partial charge >= 0.3 is 0 Å². The zero-order valence-corrected chi connectivity index (χ0v) is 13.7. The molecule has 0 radical (unpaired) electrons. The number of halogens is 1. The fraction of sp³-hybridized carbons (Fsp3) is 0.353. The third-order valence-corrected chi connectivity index (χ3v) is 3.59. The van der Waals surface area contributed by atoms with E-state index in [0.717, 1.165) is 40.7 Å². The van der Waals surface area contributed by atoms with Crippen LogP contribution in [0.5, 0.6) is 11.6 Å². The highest BCUT2D eigenvalue weighted by Gasteiger charge is 2.09. The van der Waals surface area contributed by atoms with Crippen LogP contribution in [0.4, 0.5) is 0 Å². The normalized spacial score (nSPS) is 10.7. The summed E-state index contributed by atoms with van der Waals surface area (Å²) in [5.41, 5.74) is 4.19. The van der Waals surface area contributed by atoms with Crippen LogP contribution in [0.15, 0.2) is 24.3 Å². The molecule has 0 atom stereocenters. The maximum absolute atomic E-state index is 6.04. The molecule has 0 fully saturated rings. The molecule has 0 bridgehead atoms. The van der Waals surface area contributed by atoms with E-state index in [1.54, 1.807) is 0 Å². The van der Waals surface area contributed by atoms with Gasteiger partial charge < -0.3 is 10.1 Å². The predicted octanol–water partition coefficient (Wildman–Crippen LogP) is 4.56. The molecule has 0 aliphatic carbocycles. The Morgan fingerprint density at radius 1 is 1.14 bits per heavy atom. The lowest BCUT2D eigenvalue weighted by atomic mass is 10.1. The Balaban J connectivity index is 2.23. The molecular formula is C17H21ClN2O. The number of rotatable bonds is 5. The van der Waals surface area contributed by atoms with Crippen LogP contribution in [0, 0.1) is 20.8 Å². The van der Waals surface area contributed by atoms with Crippen LogP contribution >= 0.6 is 11.6 Å². The minimum absolute atomic E-state index is 0.612. The number of aryl methyl sites for hydroxylation is 3. The summed E-state index contributed by atoms with van der Waals surface area (Å²) in [7, 11) is 0. The van der Waals surface area contributed by atoms with Crippen molar-refractivity contribution in [3.8, 4) is 11.6 Å². The summed E-state index contributed by atoms with van der Waals surface area (Å²) in [5, 5.41) is 4.03. The number of hydrogen-bond acceptors (Lipinski definition) is 3. The molecule has 0 saturated heterocycles. The smallest absolute Gasteiger partial charge is 0.219 e. The summed E-state index contributed by atoms with van der Waals surface area (Å²) in [6.07, 6.45) is 0. The molecule has 3 nitrogen and oxygen atoms in total. The summed E-state index contributed by atoms with van der Waals surface area (Å²) in [6.45, 7) is 9.84. The molecule has 0 aliphatic rings. The standard InChI is InChI=1S/C17H21ClN2O/c1-5-19-10-14-6-7-16(20-13(14)4)21-17-11(2)8-15(18)9-12(17)3/h6-9,19H,5,10H2,1-4H3. The highest BCUT2D eigenvalue weighted by atomic mass is 35.5. The van der Waals surface area contributed by atoms with Gasteiger partial charge in [-0.3, -0.25) is 0 Å². The van der Waals surface area contributed by atoms with Gasteiger partial charge in [0.05, 0.1) is 0 Å². The maximum atomic E-state index is 6.04. The van der Waals surface area contributed by atoms with Crippen LogP contribution in [-0.4, -0.2) is 11.5 Å². The molecule has 2 aromatic rings. The van der Waals surface area contributed by atoms with Gasteiger partial charge in [-0.1, -0.05) is 24.6 Å². The second-order valence-corrected chi connectivity index (χ2v) is 5.58. The number of aromatic nitrogens is 1. The Labute approximate surface area is 131 Å². The van der Waals surface area contributed by atoms with Gasteiger partial charge in [0.15, 0.2) is 0 Å². The van der Waals surface area contributed by atoms with Crippen LogP contribution in [-0.2, 0) is 6.54 Å². The van der Waals surface area contributed by atoms with E-state index in [4.69, 9.17) is 16.3 Å². The van der Waals surface area contributed by atoms with Gasteiger partial charge in [-0.15, -0.1) is 0 Å². The first-order valence-electron chi connectivity index (χ1n) is 7.13. The van der Waals surface area contributed by atoms with Gasteiger partial charge in [-0.2, -0.15) is 0 Å². The van der Waals surface area contributed by atoms with Gasteiger partial charge in [0.2, 0.25) is 5.88 Å². The molecule has 0 unspecified atom stereocenters. The lowest BCUT2D eigenvalue weighted by Gasteiger charge is -2.13.